The van der Waals surface area contributed by atoms with Gasteiger partial charge < -0.3 is 9.14 Å². The highest BCUT2D eigenvalue weighted by atomic mass is 16.5. The predicted molar refractivity (Wildman–Crippen MR) is 67.4 cm³/mol. The lowest BCUT2D eigenvalue weighted by Crippen LogP contribution is -2.09. The zero-order valence-electron chi connectivity index (χ0n) is 10.7. The number of hydrogen-bond donors (Lipinski definition) is 0. The molecule has 0 saturated heterocycles. The van der Waals surface area contributed by atoms with Crippen LogP contribution >= 0.6 is 0 Å². The fraction of sp³-hybridized carbons (Fsp3) is 0.357. The molecule has 90 valence electrons. The molecule has 2 rings (SSSR count). The summed E-state index contributed by atoms with van der Waals surface area (Å²) in [5.41, 5.74) is 2.95. The monoisotopic (exact) mass is 231 g/mol. The molecule has 0 atom stereocenters. The minimum absolute atomic E-state index is 0.109. The third kappa shape index (κ3) is 2.18. The van der Waals surface area contributed by atoms with E-state index in [1.54, 1.807) is 6.07 Å². The third-order valence-corrected chi connectivity index (χ3v) is 2.88. The summed E-state index contributed by atoms with van der Waals surface area (Å²) < 4.78 is 6.73. The van der Waals surface area contributed by atoms with Crippen LogP contribution in [-0.4, -0.2) is 17.5 Å². The molecule has 0 spiro atoms. The summed E-state index contributed by atoms with van der Waals surface area (Å²) in [5.74, 6) is -0.300. The van der Waals surface area contributed by atoms with E-state index in [9.17, 15) is 4.79 Å². The van der Waals surface area contributed by atoms with Gasteiger partial charge in [0.1, 0.15) is 0 Å². The van der Waals surface area contributed by atoms with Crippen LogP contribution < -0.4 is 0 Å². The van der Waals surface area contributed by atoms with Crippen LogP contribution in [0.1, 0.15) is 36.7 Å². The first-order valence-electron chi connectivity index (χ1n) is 5.62. The normalized spacial score (nSPS) is 11.8. The quantitative estimate of drug-likeness (QED) is 0.706. The van der Waals surface area contributed by atoms with Crippen molar-refractivity contribution in [1.82, 2.24) is 4.40 Å². The molecule has 0 radical (unpaired) electrons. The lowest BCUT2D eigenvalue weighted by Gasteiger charge is -2.15. The van der Waals surface area contributed by atoms with E-state index in [0.29, 0.717) is 5.56 Å². The Morgan fingerprint density at radius 2 is 2.00 bits per heavy atom. The summed E-state index contributed by atoms with van der Waals surface area (Å²) in [6.07, 6.45) is 3.98. The number of rotatable bonds is 1. The van der Waals surface area contributed by atoms with Gasteiger partial charge in [0.05, 0.1) is 12.7 Å². The van der Waals surface area contributed by atoms with Gasteiger partial charge in [-0.15, -0.1) is 0 Å². The van der Waals surface area contributed by atoms with Gasteiger partial charge in [0, 0.05) is 17.9 Å². The predicted octanol–water partition coefficient (Wildman–Crippen LogP) is 3.02. The van der Waals surface area contributed by atoms with Gasteiger partial charge in [-0.1, -0.05) is 20.8 Å². The molecule has 2 aromatic rings. The second-order valence-corrected chi connectivity index (χ2v) is 5.22. The number of ether oxygens (including phenoxy) is 1. The fourth-order valence-corrected chi connectivity index (χ4v) is 1.76. The van der Waals surface area contributed by atoms with Crippen LogP contribution in [0, 0.1) is 0 Å². The standard InChI is InChI=1S/C14H17NO2/c1-14(2,3)11-8-12-7-10(13(16)17-4)5-6-15(12)9-11/h5-9H,1-4H3. The number of fused-ring (bicyclic) bond motifs is 1. The van der Waals surface area contributed by atoms with E-state index in [1.165, 1.54) is 12.7 Å². The lowest BCUT2D eigenvalue weighted by atomic mass is 9.89. The first kappa shape index (κ1) is 11.7. The largest absolute Gasteiger partial charge is 0.465 e. The molecule has 0 aliphatic carbocycles. The van der Waals surface area contributed by atoms with Crippen LogP contribution in [0.5, 0.6) is 0 Å². The maximum atomic E-state index is 11.4. The van der Waals surface area contributed by atoms with E-state index in [2.05, 4.69) is 33.0 Å². The minimum Gasteiger partial charge on any atom is -0.465 e. The zero-order valence-corrected chi connectivity index (χ0v) is 10.7. The molecule has 0 aliphatic heterocycles. The Morgan fingerprint density at radius 3 is 2.59 bits per heavy atom. The molecule has 0 bridgehead atoms. The molecular weight excluding hydrogens is 214 g/mol. The zero-order chi connectivity index (χ0) is 12.6. The maximum absolute atomic E-state index is 11.4. The van der Waals surface area contributed by atoms with Gasteiger partial charge in [-0.05, 0) is 29.2 Å². The Hall–Kier alpha value is -1.77. The molecule has 0 amide bonds. The van der Waals surface area contributed by atoms with Crippen molar-refractivity contribution in [2.45, 2.75) is 26.2 Å². The van der Waals surface area contributed by atoms with Gasteiger partial charge in [-0.2, -0.15) is 0 Å². The van der Waals surface area contributed by atoms with Gasteiger partial charge in [-0.25, -0.2) is 4.79 Å². The van der Waals surface area contributed by atoms with E-state index in [1.807, 2.05) is 16.7 Å². The lowest BCUT2D eigenvalue weighted by molar-refractivity contribution is 0.0601. The van der Waals surface area contributed by atoms with Gasteiger partial charge in [0.25, 0.3) is 0 Å². The van der Waals surface area contributed by atoms with Crippen molar-refractivity contribution in [2.75, 3.05) is 7.11 Å². The molecule has 3 nitrogen and oxygen atoms in total. The number of hydrogen-bond acceptors (Lipinski definition) is 2. The first-order valence-corrected chi connectivity index (χ1v) is 5.62. The average Bonchev–Trinajstić information content (AvgIpc) is 2.70. The maximum Gasteiger partial charge on any atom is 0.337 e. The van der Waals surface area contributed by atoms with Crippen LogP contribution in [-0.2, 0) is 10.2 Å². The third-order valence-electron chi connectivity index (χ3n) is 2.88. The van der Waals surface area contributed by atoms with Gasteiger partial charge >= 0.3 is 5.97 Å². The Morgan fingerprint density at radius 1 is 1.29 bits per heavy atom. The minimum atomic E-state index is -0.300. The summed E-state index contributed by atoms with van der Waals surface area (Å²) in [6.45, 7) is 6.51. The smallest absolute Gasteiger partial charge is 0.337 e. The number of pyridine rings is 1. The van der Waals surface area contributed by atoms with Crippen LogP contribution in [0.15, 0.2) is 30.6 Å². The van der Waals surface area contributed by atoms with E-state index in [4.69, 9.17) is 4.74 Å². The van der Waals surface area contributed by atoms with Crippen LogP contribution in [0.2, 0.25) is 0 Å². The van der Waals surface area contributed by atoms with Crippen molar-refractivity contribution < 1.29 is 9.53 Å². The van der Waals surface area contributed by atoms with Gasteiger partial charge in [0.2, 0.25) is 0 Å². The summed E-state index contributed by atoms with van der Waals surface area (Å²) in [7, 11) is 1.39. The Labute approximate surface area is 101 Å². The molecule has 0 fully saturated rings. The van der Waals surface area contributed by atoms with E-state index >= 15 is 0 Å². The molecule has 17 heavy (non-hydrogen) atoms. The topological polar surface area (TPSA) is 30.7 Å². The second-order valence-electron chi connectivity index (χ2n) is 5.22. The summed E-state index contributed by atoms with van der Waals surface area (Å²) in [6, 6.07) is 5.72. The molecule has 0 N–H and O–H groups in total. The second kappa shape index (κ2) is 3.91. The number of carbonyl (C=O) groups is 1. The van der Waals surface area contributed by atoms with Crippen molar-refractivity contribution in [3.63, 3.8) is 0 Å². The summed E-state index contributed by atoms with van der Waals surface area (Å²) in [4.78, 5) is 11.4. The molecule has 0 saturated carbocycles. The fourth-order valence-electron chi connectivity index (χ4n) is 1.76. The highest BCUT2D eigenvalue weighted by molar-refractivity contribution is 5.90. The summed E-state index contributed by atoms with van der Waals surface area (Å²) >= 11 is 0. The number of nitrogens with zero attached hydrogens (tertiary/aromatic N) is 1. The first-order chi connectivity index (χ1) is 7.91. The van der Waals surface area contributed by atoms with E-state index in [0.717, 1.165) is 5.52 Å². The molecular formula is C14H17NO2. The number of carbonyl (C=O) groups excluding carboxylic acids is 1. The van der Waals surface area contributed by atoms with Crippen molar-refractivity contribution in [3.8, 4) is 0 Å². The number of methoxy groups -OCH3 is 1. The van der Waals surface area contributed by atoms with Crippen molar-refractivity contribution in [1.29, 1.82) is 0 Å². The van der Waals surface area contributed by atoms with Crippen LogP contribution in [0.3, 0.4) is 0 Å². The SMILES string of the molecule is COC(=O)c1ccn2cc(C(C)(C)C)cc2c1. The Kier molecular flexibility index (Phi) is 2.69. The summed E-state index contributed by atoms with van der Waals surface area (Å²) in [5, 5.41) is 0. The van der Waals surface area contributed by atoms with Crippen molar-refractivity contribution in [2.24, 2.45) is 0 Å². The van der Waals surface area contributed by atoms with Crippen LogP contribution in [0.4, 0.5) is 0 Å². The number of esters is 1. The molecule has 3 heteroatoms. The number of aromatic nitrogens is 1. The Balaban J connectivity index is 2.52. The molecule has 2 heterocycles. The molecule has 2 aromatic heterocycles. The van der Waals surface area contributed by atoms with Gasteiger partial charge in [-0.3, -0.25) is 0 Å². The van der Waals surface area contributed by atoms with Crippen molar-refractivity contribution >= 4 is 11.5 Å². The van der Waals surface area contributed by atoms with E-state index in [-0.39, 0.29) is 11.4 Å². The molecule has 0 aliphatic rings. The molecule has 0 aromatic carbocycles. The Bertz CT molecular complexity index is 561. The van der Waals surface area contributed by atoms with Gasteiger partial charge in [0.15, 0.2) is 0 Å². The molecule has 0 unspecified atom stereocenters. The van der Waals surface area contributed by atoms with E-state index < -0.39 is 0 Å². The average molecular weight is 231 g/mol. The highest BCUT2D eigenvalue weighted by Crippen LogP contribution is 2.25. The van der Waals surface area contributed by atoms with Crippen LogP contribution in [0.25, 0.3) is 5.52 Å². The highest BCUT2D eigenvalue weighted by Gasteiger charge is 2.16. The van der Waals surface area contributed by atoms with Crippen molar-refractivity contribution in [3.05, 3.63) is 41.7 Å².